The molecule has 1 aliphatic rings. The van der Waals surface area contributed by atoms with E-state index in [0.717, 1.165) is 29.2 Å². The molecule has 0 fully saturated rings. The lowest BCUT2D eigenvalue weighted by atomic mass is 10.1. The van der Waals surface area contributed by atoms with Crippen LogP contribution < -0.4 is 10.6 Å². The number of nitrogens with zero attached hydrogens (tertiary/aromatic N) is 3. The highest BCUT2D eigenvalue weighted by atomic mass is 16.2. The average Bonchev–Trinajstić information content (AvgIpc) is 3.16. The lowest BCUT2D eigenvalue weighted by Gasteiger charge is -2.26. The Morgan fingerprint density at radius 3 is 2.96 bits per heavy atom. The fourth-order valence-corrected chi connectivity index (χ4v) is 2.93. The Morgan fingerprint density at radius 1 is 1.20 bits per heavy atom. The number of nitrogens with one attached hydrogen (secondary N) is 2. The van der Waals surface area contributed by atoms with Crippen LogP contribution in [0.3, 0.4) is 0 Å². The first-order valence-electron chi connectivity index (χ1n) is 8.17. The van der Waals surface area contributed by atoms with Gasteiger partial charge in [-0.1, -0.05) is 12.1 Å². The Kier molecular flexibility index (Phi) is 3.85. The SMILES string of the molecule is CN1Cc2cc(NCc3cccc(-n4cccn4)c3)ccc2NC1=O. The highest BCUT2D eigenvalue weighted by molar-refractivity contribution is 5.92. The number of fused-ring (bicyclic) bond motifs is 1. The molecule has 25 heavy (non-hydrogen) atoms. The molecule has 2 N–H and O–H groups in total. The molecule has 0 radical (unpaired) electrons. The van der Waals surface area contributed by atoms with Crippen molar-refractivity contribution in [3.63, 3.8) is 0 Å². The van der Waals surface area contributed by atoms with Gasteiger partial charge in [0, 0.05) is 43.9 Å². The zero-order valence-corrected chi connectivity index (χ0v) is 13.9. The molecular weight excluding hydrogens is 314 g/mol. The summed E-state index contributed by atoms with van der Waals surface area (Å²) >= 11 is 0. The molecule has 126 valence electrons. The standard InChI is InChI=1S/C19H19N5O/c1-23-13-15-11-16(6-7-18(15)22-19(23)25)20-12-14-4-2-5-17(10-14)24-9-3-8-21-24/h2-11,20H,12-13H2,1H3,(H,22,25). The zero-order valence-electron chi connectivity index (χ0n) is 13.9. The van der Waals surface area contributed by atoms with E-state index in [-0.39, 0.29) is 6.03 Å². The maximum absolute atomic E-state index is 11.7. The van der Waals surface area contributed by atoms with Crippen LogP contribution in [0.15, 0.2) is 60.9 Å². The maximum Gasteiger partial charge on any atom is 0.321 e. The van der Waals surface area contributed by atoms with E-state index < -0.39 is 0 Å². The first kappa shape index (κ1) is 15.3. The van der Waals surface area contributed by atoms with E-state index in [0.29, 0.717) is 6.54 Å². The minimum absolute atomic E-state index is 0.0661. The van der Waals surface area contributed by atoms with Gasteiger partial charge >= 0.3 is 6.03 Å². The van der Waals surface area contributed by atoms with Gasteiger partial charge in [0.15, 0.2) is 0 Å². The summed E-state index contributed by atoms with van der Waals surface area (Å²) in [4.78, 5) is 13.3. The highest BCUT2D eigenvalue weighted by Crippen LogP contribution is 2.26. The summed E-state index contributed by atoms with van der Waals surface area (Å²) in [5, 5.41) is 10.6. The number of anilines is 2. The molecule has 6 nitrogen and oxygen atoms in total. The predicted octanol–water partition coefficient (Wildman–Crippen LogP) is 3.46. The Bertz CT molecular complexity index is 904. The van der Waals surface area contributed by atoms with E-state index in [2.05, 4.69) is 33.9 Å². The van der Waals surface area contributed by atoms with Crippen molar-refractivity contribution in [2.75, 3.05) is 17.7 Å². The molecule has 1 aliphatic heterocycles. The lowest BCUT2D eigenvalue weighted by molar-refractivity contribution is 0.218. The van der Waals surface area contributed by atoms with Crippen LogP contribution >= 0.6 is 0 Å². The van der Waals surface area contributed by atoms with Gasteiger partial charge < -0.3 is 15.5 Å². The number of aromatic nitrogens is 2. The number of carbonyl (C=O) groups is 1. The fraction of sp³-hybridized carbons (Fsp3) is 0.158. The largest absolute Gasteiger partial charge is 0.381 e. The summed E-state index contributed by atoms with van der Waals surface area (Å²) in [6.07, 6.45) is 3.70. The molecule has 0 atom stereocenters. The Labute approximate surface area is 146 Å². The van der Waals surface area contributed by atoms with Gasteiger partial charge in [0.2, 0.25) is 0 Å². The zero-order chi connectivity index (χ0) is 17.2. The Balaban J connectivity index is 1.48. The second-order valence-corrected chi connectivity index (χ2v) is 6.13. The van der Waals surface area contributed by atoms with Crippen LogP contribution in [0.25, 0.3) is 5.69 Å². The van der Waals surface area contributed by atoms with E-state index in [1.165, 1.54) is 5.56 Å². The Hall–Kier alpha value is -3.28. The van der Waals surface area contributed by atoms with Gasteiger partial charge in [0.05, 0.1) is 5.69 Å². The van der Waals surface area contributed by atoms with E-state index in [1.54, 1.807) is 18.1 Å². The number of benzene rings is 2. The van der Waals surface area contributed by atoms with Crippen LogP contribution in [0.5, 0.6) is 0 Å². The van der Waals surface area contributed by atoms with Crippen molar-refractivity contribution in [2.24, 2.45) is 0 Å². The van der Waals surface area contributed by atoms with Crippen LogP contribution in [0.2, 0.25) is 0 Å². The molecule has 3 aromatic rings. The summed E-state index contributed by atoms with van der Waals surface area (Å²) in [6.45, 7) is 1.33. The summed E-state index contributed by atoms with van der Waals surface area (Å²) in [7, 11) is 1.79. The molecule has 2 heterocycles. The molecule has 0 bridgehead atoms. The van der Waals surface area contributed by atoms with Gasteiger partial charge in [0.25, 0.3) is 0 Å². The summed E-state index contributed by atoms with van der Waals surface area (Å²) < 4.78 is 1.85. The van der Waals surface area contributed by atoms with Crippen molar-refractivity contribution < 1.29 is 4.79 Å². The topological polar surface area (TPSA) is 62.2 Å². The van der Waals surface area contributed by atoms with E-state index in [4.69, 9.17) is 0 Å². The van der Waals surface area contributed by atoms with Crippen LogP contribution in [0, 0.1) is 0 Å². The van der Waals surface area contributed by atoms with Crippen molar-refractivity contribution in [3.8, 4) is 5.69 Å². The molecule has 6 heteroatoms. The molecular formula is C19H19N5O. The number of amides is 2. The first-order chi connectivity index (χ1) is 12.2. The maximum atomic E-state index is 11.7. The molecule has 0 unspecified atom stereocenters. The monoisotopic (exact) mass is 333 g/mol. The minimum atomic E-state index is -0.0661. The molecule has 0 saturated heterocycles. The number of urea groups is 1. The van der Waals surface area contributed by atoms with Crippen molar-refractivity contribution >= 4 is 17.4 Å². The quantitative estimate of drug-likeness (QED) is 0.768. The molecule has 1 aromatic heterocycles. The Morgan fingerprint density at radius 2 is 2.12 bits per heavy atom. The van der Waals surface area contributed by atoms with Gasteiger partial charge in [-0.05, 0) is 47.5 Å². The number of rotatable bonds is 4. The lowest BCUT2D eigenvalue weighted by Crippen LogP contribution is -2.35. The summed E-state index contributed by atoms with van der Waals surface area (Å²) in [5.74, 6) is 0. The molecule has 2 aromatic carbocycles. The third-order valence-corrected chi connectivity index (χ3v) is 4.28. The van der Waals surface area contributed by atoms with Crippen molar-refractivity contribution in [1.29, 1.82) is 0 Å². The van der Waals surface area contributed by atoms with Crippen LogP contribution in [-0.4, -0.2) is 27.8 Å². The third kappa shape index (κ3) is 3.19. The molecule has 4 rings (SSSR count). The molecule has 0 spiro atoms. The van der Waals surface area contributed by atoms with Crippen LogP contribution in [-0.2, 0) is 13.1 Å². The van der Waals surface area contributed by atoms with Gasteiger partial charge in [-0.3, -0.25) is 0 Å². The summed E-state index contributed by atoms with van der Waals surface area (Å²) in [5.41, 5.74) is 5.25. The third-order valence-electron chi connectivity index (χ3n) is 4.28. The second kappa shape index (κ2) is 6.32. The second-order valence-electron chi connectivity index (χ2n) is 6.13. The van der Waals surface area contributed by atoms with Crippen molar-refractivity contribution in [3.05, 3.63) is 72.1 Å². The van der Waals surface area contributed by atoms with Gasteiger partial charge in [-0.15, -0.1) is 0 Å². The van der Waals surface area contributed by atoms with E-state index in [9.17, 15) is 4.79 Å². The van der Waals surface area contributed by atoms with Gasteiger partial charge in [-0.2, -0.15) is 5.10 Å². The van der Waals surface area contributed by atoms with Gasteiger partial charge in [0.1, 0.15) is 0 Å². The number of hydrogen-bond donors (Lipinski definition) is 2. The molecule has 0 aliphatic carbocycles. The highest BCUT2D eigenvalue weighted by Gasteiger charge is 2.19. The number of hydrogen-bond acceptors (Lipinski definition) is 3. The van der Waals surface area contributed by atoms with Crippen LogP contribution in [0.1, 0.15) is 11.1 Å². The molecule has 0 saturated carbocycles. The average molecular weight is 333 g/mol. The van der Waals surface area contributed by atoms with Crippen molar-refractivity contribution in [2.45, 2.75) is 13.1 Å². The minimum Gasteiger partial charge on any atom is -0.381 e. The van der Waals surface area contributed by atoms with E-state index >= 15 is 0 Å². The van der Waals surface area contributed by atoms with Crippen molar-refractivity contribution in [1.82, 2.24) is 14.7 Å². The smallest absolute Gasteiger partial charge is 0.321 e. The van der Waals surface area contributed by atoms with Crippen LogP contribution in [0.4, 0.5) is 16.2 Å². The summed E-state index contributed by atoms with van der Waals surface area (Å²) in [6, 6.07) is 16.1. The van der Waals surface area contributed by atoms with E-state index in [1.807, 2.05) is 41.2 Å². The molecule has 2 amide bonds. The predicted molar refractivity (Wildman–Crippen MR) is 97.8 cm³/mol. The van der Waals surface area contributed by atoms with Gasteiger partial charge in [-0.25, -0.2) is 9.48 Å². The first-order valence-corrected chi connectivity index (χ1v) is 8.17. The number of carbonyl (C=O) groups excluding carboxylic acids is 1. The fourth-order valence-electron chi connectivity index (χ4n) is 2.93. The normalized spacial score (nSPS) is 13.3.